The first-order valence-corrected chi connectivity index (χ1v) is 8.93. The highest BCUT2D eigenvalue weighted by molar-refractivity contribution is 5.70. The standard InChI is InChI=1S/C18H24N2O8/c1-3-26-15(22)6-4-5-7-16(23)27-10-13-12(21)8-14(28-13)20-9-11(2)17(24)19-18(20)25/h3,9,12-14,21H,1,4-8,10H2,2H3,(H,19,24,25)/t12-,13+,14+/m0/s1. The normalized spacial score (nSPS) is 21.3. The number of aliphatic hydroxyl groups is 1. The van der Waals surface area contributed by atoms with Crippen molar-refractivity contribution >= 4 is 11.9 Å². The van der Waals surface area contributed by atoms with E-state index in [-0.39, 0.29) is 25.9 Å². The van der Waals surface area contributed by atoms with Crippen LogP contribution in [0.4, 0.5) is 0 Å². The van der Waals surface area contributed by atoms with E-state index in [1.807, 2.05) is 0 Å². The van der Waals surface area contributed by atoms with Gasteiger partial charge in [0.05, 0.1) is 12.4 Å². The Bertz CT molecular complexity index is 828. The lowest BCUT2D eigenvalue weighted by Gasteiger charge is -2.16. The maximum Gasteiger partial charge on any atom is 0.330 e. The minimum absolute atomic E-state index is 0.117. The Kier molecular flexibility index (Phi) is 7.70. The third-order valence-electron chi connectivity index (χ3n) is 4.30. The van der Waals surface area contributed by atoms with E-state index < -0.39 is 41.6 Å². The van der Waals surface area contributed by atoms with Crippen LogP contribution >= 0.6 is 0 Å². The molecule has 0 aliphatic carbocycles. The molecule has 0 saturated carbocycles. The molecule has 2 rings (SSSR count). The van der Waals surface area contributed by atoms with Gasteiger partial charge < -0.3 is 19.3 Å². The summed E-state index contributed by atoms with van der Waals surface area (Å²) < 4.78 is 16.5. The number of aromatic amines is 1. The first-order chi connectivity index (χ1) is 13.3. The first-order valence-electron chi connectivity index (χ1n) is 8.93. The molecule has 1 aromatic heterocycles. The van der Waals surface area contributed by atoms with Crippen LogP contribution in [0, 0.1) is 6.92 Å². The molecule has 3 atom stereocenters. The van der Waals surface area contributed by atoms with Crippen LogP contribution in [0.25, 0.3) is 0 Å². The molecular formula is C18H24N2O8. The molecule has 154 valence electrons. The lowest BCUT2D eigenvalue weighted by Crippen LogP contribution is -2.33. The summed E-state index contributed by atoms with van der Waals surface area (Å²) in [4.78, 5) is 48.5. The third kappa shape index (κ3) is 5.89. The van der Waals surface area contributed by atoms with E-state index in [4.69, 9.17) is 9.47 Å². The summed E-state index contributed by atoms with van der Waals surface area (Å²) >= 11 is 0. The topological polar surface area (TPSA) is 137 Å². The minimum Gasteiger partial charge on any atom is -0.463 e. The van der Waals surface area contributed by atoms with Crippen LogP contribution < -0.4 is 11.2 Å². The molecule has 0 spiro atoms. The Labute approximate surface area is 160 Å². The van der Waals surface area contributed by atoms with Crippen molar-refractivity contribution in [1.29, 1.82) is 0 Å². The zero-order chi connectivity index (χ0) is 20.7. The fourth-order valence-corrected chi connectivity index (χ4v) is 2.77. The van der Waals surface area contributed by atoms with E-state index in [1.165, 1.54) is 10.8 Å². The molecule has 2 N–H and O–H groups in total. The highest BCUT2D eigenvalue weighted by Crippen LogP contribution is 2.27. The molecule has 2 heterocycles. The van der Waals surface area contributed by atoms with Crippen molar-refractivity contribution in [2.45, 2.75) is 57.5 Å². The van der Waals surface area contributed by atoms with Crippen LogP contribution in [0.5, 0.6) is 0 Å². The quantitative estimate of drug-likeness (QED) is 0.345. The maximum absolute atomic E-state index is 11.9. The van der Waals surface area contributed by atoms with Gasteiger partial charge in [0.1, 0.15) is 18.9 Å². The van der Waals surface area contributed by atoms with E-state index in [9.17, 15) is 24.3 Å². The van der Waals surface area contributed by atoms with Gasteiger partial charge in [-0.3, -0.25) is 23.9 Å². The number of nitrogens with one attached hydrogen (secondary N) is 1. The fourth-order valence-electron chi connectivity index (χ4n) is 2.77. The lowest BCUT2D eigenvalue weighted by molar-refractivity contribution is -0.150. The summed E-state index contributed by atoms with van der Waals surface area (Å²) in [5.41, 5.74) is -0.784. The number of aryl methyl sites for hydroxylation is 1. The molecular weight excluding hydrogens is 372 g/mol. The number of aromatic nitrogens is 2. The zero-order valence-electron chi connectivity index (χ0n) is 15.6. The zero-order valence-corrected chi connectivity index (χ0v) is 15.6. The third-order valence-corrected chi connectivity index (χ3v) is 4.30. The predicted octanol–water partition coefficient (Wildman–Crippen LogP) is 0.284. The predicted molar refractivity (Wildman–Crippen MR) is 96.3 cm³/mol. The van der Waals surface area contributed by atoms with E-state index in [0.29, 0.717) is 18.4 Å². The van der Waals surface area contributed by atoms with Gasteiger partial charge in [0.25, 0.3) is 5.56 Å². The molecule has 0 aromatic carbocycles. The molecule has 1 aliphatic rings. The van der Waals surface area contributed by atoms with E-state index in [0.717, 1.165) is 6.26 Å². The number of esters is 2. The van der Waals surface area contributed by atoms with Crippen molar-refractivity contribution in [1.82, 2.24) is 9.55 Å². The molecule has 10 heteroatoms. The van der Waals surface area contributed by atoms with Crippen molar-refractivity contribution in [2.75, 3.05) is 6.61 Å². The molecule has 0 unspecified atom stereocenters. The number of carbonyl (C=O) groups excluding carboxylic acids is 2. The van der Waals surface area contributed by atoms with Crippen molar-refractivity contribution in [3.8, 4) is 0 Å². The first kappa shape index (κ1) is 21.6. The van der Waals surface area contributed by atoms with Gasteiger partial charge in [0.2, 0.25) is 0 Å². The van der Waals surface area contributed by atoms with Crippen molar-refractivity contribution < 1.29 is 28.9 Å². The number of nitrogens with zero attached hydrogens (tertiary/aromatic N) is 1. The minimum atomic E-state index is -0.925. The summed E-state index contributed by atoms with van der Waals surface area (Å²) in [5.74, 6) is -0.891. The monoisotopic (exact) mass is 396 g/mol. The van der Waals surface area contributed by atoms with Gasteiger partial charge in [0, 0.05) is 31.0 Å². The maximum atomic E-state index is 11.9. The number of hydrogen-bond acceptors (Lipinski definition) is 8. The number of carbonyl (C=O) groups is 2. The molecule has 0 bridgehead atoms. The summed E-state index contributed by atoms with van der Waals surface area (Å²) in [5, 5.41) is 10.1. The van der Waals surface area contributed by atoms with Crippen LogP contribution in [0.3, 0.4) is 0 Å². The molecule has 28 heavy (non-hydrogen) atoms. The summed E-state index contributed by atoms with van der Waals surface area (Å²) in [6, 6.07) is 0. The number of ether oxygens (including phenoxy) is 3. The van der Waals surface area contributed by atoms with E-state index in [2.05, 4.69) is 16.3 Å². The molecule has 0 amide bonds. The smallest absolute Gasteiger partial charge is 0.330 e. The average molecular weight is 396 g/mol. The van der Waals surface area contributed by atoms with Gasteiger partial charge in [-0.1, -0.05) is 6.58 Å². The Morgan fingerprint density at radius 3 is 2.71 bits per heavy atom. The number of rotatable bonds is 9. The Morgan fingerprint density at radius 1 is 1.36 bits per heavy atom. The van der Waals surface area contributed by atoms with Crippen molar-refractivity contribution in [3.05, 3.63) is 45.4 Å². The molecule has 1 saturated heterocycles. The van der Waals surface area contributed by atoms with Gasteiger partial charge in [-0.15, -0.1) is 0 Å². The molecule has 1 fully saturated rings. The fraction of sp³-hybridized carbons (Fsp3) is 0.556. The van der Waals surface area contributed by atoms with Crippen LogP contribution in [-0.4, -0.2) is 45.4 Å². The van der Waals surface area contributed by atoms with Crippen molar-refractivity contribution in [2.24, 2.45) is 0 Å². The van der Waals surface area contributed by atoms with Crippen LogP contribution in [0.2, 0.25) is 0 Å². The Morgan fingerprint density at radius 2 is 2.04 bits per heavy atom. The largest absolute Gasteiger partial charge is 0.463 e. The summed E-state index contributed by atoms with van der Waals surface area (Å²) in [7, 11) is 0. The second kappa shape index (κ2) is 10.00. The van der Waals surface area contributed by atoms with Crippen LogP contribution in [0.1, 0.15) is 43.9 Å². The van der Waals surface area contributed by atoms with Gasteiger partial charge in [-0.05, 0) is 19.8 Å². The van der Waals surface area contributed by atoms with Gasteiger partial charge in [0.15, 0.2) is 0 Å². The number of aliphatic hydroxyl groups excluding tert-OH is 1. The molecule has 10 nitrogen and oxygen atoms in total. The number of H-pyrrole nitrogens is 1. The SMILES string of the molecule is C=COC(=O)CCCCC(=O)OC[C@H]1O[C@@H](n2cc(C)c(=O)[nH]c2=O)C[C@@H]1O. The lowest BCUT2D eigenvalue weighted by atomic mass is 10.2. The van der Waals surface area contributed by atoms with Crippen LogP contribution in [-0.2, 0) is 23.8 Å². The van der Waals surface area contributed by atoms with E-state index >= 15 is 0 Å². The number of hydrogen-bond donors (Lipinski definition) is 2. The van der Waals surface area contributed by atoms with Gasteiger partial charge in [-0.25, -0.2) is 4.79 Å². The second-order valence-electron chi connectivity index (χ2n) is 6.46. The molecule has 1 aliphatic heterocycles. The Hall–Kier alpha value is -2.72. The van der Waals surface area contributed by atoms with Gasteiger partial charge >= 0.3 is 17.6 Å². The highest BCUT2D eigenvalue weighted by Gasteiger charge is 2.36. The second-order valence-corrected chi connectivity index (χ2v) is 6.46. The van der Waals surface area contributed by atoms with Crippen LogP contribution in [0.15, 0.2) is 28.6 Å². The highest BCUT2D eigenvalue weighted by atomic mass is 16.6. The molecule has 1 aromatic rings. The van der Waals surface area contributed by atoms with E-state index in [1.54, 1.807) is 6.92 Å². The number of unbranched alkanes of at least 4 members (excludes halogenated alkanes) is 1. The average Bonchev–Trinajstić information content (AvgIpc) is 3.01. The summed E-state index contributed by atoms with van der Waals surface area (Å²) in [6.07, 6.45) is 1.29. The summed E-state index contributed by atoms with van der Waals surface area (Å²) in [6.45, 7) is 4.67. The Balaban J connectivity index is 1.78. The molecule has 0 radical (unpaired) electrons. The van der Waals surface area contributed by atoms with Crippen molar-refractivity contribution in [3.63, 3.8) is 0 Å². The van der Waals surface area contributed by atoms with Gasteiger partial charge in [-0.2, -0.15) is 0 Å².